The van der Waals surface area contributed by atoms with Crippen LogP contribution in [0.1, 0.15) is 20.8 Å². The van der Waals surface area contributed by atoms with Gasteiger partial charge in [0.25, 0.3) is 0 Å². The number of hydroxylamine groups is 1. The van der Waals surface area contributed by atoms with Crippen molar-refractivity contribution >= 4 is 0 Å². The highest BCUT2D eigenvalue weighted by atomic mass is 16.7. The molecule has 0 heterocycles. The summed E-state index contributed by atoms with van der Waals surface area (Å²) in [5.74, 6) is 0. The Morgan fingerprint density at radius 1 is 1.17 bits per heavy atom. The van der Waals surface area contributed by atoms with E-state index in [1.54, 1.807) is 34.9 Å². The van der Waals surface area contributed by atoms with E-state index in [1.165, 1.54) is 5.01 Å². The van der Waals surface area contributed by atoms with Crippen molar-refractivity contribution in [3.63, 3.8) is 0 Å². The van der Waals surface area contributed by atoms with Crippen molar-refractivity contribution in [3.05, 3.63) is 10.4 Å². The number of quaternary nitrogens is 2. The minimum Gasteiger partial charge on any atom is -0.609 e. The van der Waals surface area contributed by atoms with E-state index in [0.29, 0.717) is 0 Å². The molecule has 0 spiro atoms. The topological polar surface area (TPSA) is 70.3 Å². The molecular weight excluding hydrogens is 160 g/mol. The van der Waals surface area contributed by atoms with Gasteiger partial charge in [-0.25, -0.2) is 5.17 Å². The first-order valence-corrected chi connectivity index (χ1v) is 3.78. The average Bonchev–Trinajstić information content (AvgIpc) is 1.85. The molecular formula is C6H18N4O2. The van der Waals surface area contributed by atoms with E-state index in [-0.39, 0.29) is 10.5 Å². The van der Waals surface area contributed by atoms with Gasteiger partial charge in [-0.1, -0.05) is 0 Å². The van der Waals surface area contributed by atoms with Crippen LogP contribution in [0.5, 0.6) is 0 Å². The molecule has 0 aliphatic carbocycles. The molecule has 0 saturated heterocycles. The molecule has 0 rings (SSSR count). The zero-order valence-electron chi connectivity index (χ0n) is 8.26. The second-order valence-corrected chi connectivity index (χ2v) is 3.90. The van der Waals surface area contributed by atoms with Gasteiger partial charge >= 0.3 is 0 Å². The van der Waals surface area contributed by atoms with Gasteiger partial charge in [-0.15, -0.1) is 5.01 Å². The highest BCUT2D eigenvalue weighted by Gasteiger charge is 2.20. The molecule has 6 nitrogen and oxygen atoms in total. The largest absolute Gasteiger partial charge is 0.609 e. The molecule has 74 valence electrons. The van der Waals surface area contributed by atoms with Crippen LogP contribution in [-0.4, -0.2) is 24.6 Å². The highest BCUT2D eigenvalue weighted by molar-refractivity contribution is 4.53. The fraction of sp³-hybridized carbons (Fsp3) is 1.00. The molecule has 2 atom stereocenters. The first-order chi connectivity index (χ1) is 5.25. The Balaban J connectivity index is 3.93. The van der Waals surface area contributed by atoms with Gasteiger partial charge in [0.15, 0.2) is 0 Å². The maximum absolute atomic E-state index is 11.2. The van der Waals surface area contributed by atoms with Gasteiger partial charge in [0.05, 0.1) is 0 Å². The molecule has 6 heteroatoms. The van der Waals surface area contributed by atoms with Gasteiger partial charge in [-0.05, 0) is 20.8 Å². The zero-order chi connectivity index (χ0) is 9.94. The second kappa shape index (κ2) is 4.13. The van der Waals surface area contributed by atoms with Crippen molar-refractivity contribution in [2.45, 2.75) is 26.3 Å². The van der Waals surface area contributed by atoms with Crippen molar-refractivity contribution in [2.75, 3.05) is 14.1 Å². The smallest absolute Gasteiger partial charge is 0.110 e. The van der Waals surface area contributed by atoms with E-state index < -0.39 is 5.54 Å². The number of hydrogen-bond donors (Lipinski definition) is 3. The lowest BCUT2D eigenvalue weighted by molar-refractivity contribution is -1.18. The van der Waals surface area contributed by atoms with E-state index in [2.05, 4.69) is 5.53 Å². The summed E-state index contributed by atoms with van der Waals surface area (Å²) < 4.78 is 0. The third-order valence-electron chi connectivity index (χ3n) is 1.31. The van der Waals surface area contributed by atoms with Crippen LogP contribution in [0.3, 0.4) is 0 Å². The third kappa shape index (κ3) is 3.96. The molecule has 0 radical (unpaired) electrons. The van der Waals surface area contributed by atoms with Crippen molar-refractivity contribution < 1.29 is 10.5 Å². The Labute approximate surface area is 72.8 Å². The Hall–Kier alpha value is -0.240. The van der Waals surface area contributed by atoms with Crippen molar-refractivity contribution in [2.24, 2.45) is 0 Å². The molecule has 0 aliphatic heterocycles. The molecule has 0 amide bonds. The standard InChI is InChI=1S/C6H18N4O2/c1-6(2,3)9(11)7-10(12)8(4)5/h7,9-10H,1-5H3. The van der Waals surface area contributed by atoms with Gasteiger partial charge in [-0.2, -0.15) is 5.28 Å². The van der Waals surface area contributed by atoms with E-state index in [0.717, 1.165) is 0 Å². The van der Waals surface area contributed by atoms with E-state index in [1.807, 2.05) is 0 Å². The van der Waals surface area contributed by atoms with Gasteiger partial charge in [-0.3, -0.25) is 0 Å². The lowest BCUT2D eigenvalue weighted by atomic mass is 10.1. The molecule has 0 aromatic heterocycles. The Kier molecular flexibility index (Phi) is 4.04. The number of hydrogen-bond acceptors (Lipinski definition) is 4. The van der Waals surface area contributed by atoms with Crippen molar-refractivity contribution in [1.82, 2.24) is 10.5 Å². The molecule has 12 heavy (non-hydrogen) atoms. The summed E-state index contributed by atoms with van der Waals surface area (Å²) in [6, 6.07) is 0. The summed E-state index contributed by atoms with van der Waals surface area (Å²) in [5, 5.41) is 22.9. The minimum absolute atomic E-state index is 0.263. The van der Waals surface area contributed by atoms with Crippen LogP contribution >= 0.6 is 0 Å². The van der Waals surface area contributed by atoms with Crippen LogP contribution in [-0.2, 0) is 0 Å². The maximum atomic E-state index is 11.2. The van der Waals surface area contributed by atoms with Crippen LogP contribution in [0.25, 0.3) is 0 Å². The Morgan fingerprint density at radius 3 is 1.83 bits per heavy atom. The maximum Gasteiger partial charge on any atom is 0.110 e. The minimum atomic E-state index is -0.522. The van der Waals surface area contributed by atoms with Crippen LogP contribution in [0, 0.1) is 10.4 Å². The predicted octanol–water partition coefficient (Wildman–Crippen LogP) is -2.55. The summed E-state index contributed by atoms with van der Waals surface area (Å²) in [5.41, 5.74) is 1.75. The molecule has 0 fully saturated rings. The average molecular weight is 178 g/mol. The molecule has 2 unspecified atom stereocenters. The Morgan fingerprint density at radius 2 is 1.58 bits per heavy atom. The molecule has 3 N–H and O–H groups in total. The predicted molar refractivity (Wildman–Crippen MR) is 45.2 cm³/mol. The highest BCUT2D eigenvalue weighted by Crippen LogP contribution is 1.88. The van der Waals surface area contributed by atoms with E-state index >= 15 is 0 Å². The first kappa shape index (κ1) is 11.8. The second-order valence-electron chi connectivity index (χ2n) is 3.90. The summed E-state index contributed by atoms with van der Waals surface area (Å²) >= 11 is 0. The van der Waals surface area contributed by atoms with Crippen LogP contribution in [0.4, 0.5) is 0 Å². The van der Waals surface area contributed by atoms with E-state index in [9.17, 15) is 10.4 Å². The molecule has 0 bridgehead atoms. The van der Waals surface area contributed by atoms with E-state index in [4.69, 9.17) is 0 Å². The molecule has 0 aliphatic rings. The lowest BCUT2D eigenvalue weighted by Gasteiger charge is -2.38. The Bertz CT molecular complexity index is 134. The normalized spacial score (nSPS) is 18.0. The zero-order valence-corrected chi connectivity index (χ0v) is 8.26. The molecule has 0 aromatic rings. The quantitative estimate of drug-likeness (QED) is 0.416. The third-order valence-corrected chi connectivity index (χ3v) is 1.31. The van der Waals surface area contributed by atoms with Crippen molar-refractivity contribution in [1.29, 1.82) is 0 Å². The van der Waals surface area contributed by atoms with Gasteiger partial charge in [0.1, 0.15) is 5.54 Å². The van der Waals surface area contributed by atoms with Crippen LogP contribution in [0.2, 0.25) is 0 Å². The molecule has 0 saturated carbocycles. The fourth-order valence-corrected chi connectivity index (χ4v) is 0.396. The van der Waals surface area contributed by atoms with Crippen LogP contribution in [0.15, 0.2) is 0 Å². The summed E-state index contributed by atoms with van der Waals surface area (Å²) in [6.45, 7) is 5.27. The van der Waals surface area contributed by atoms with Gasteiger partial charge in [0.2, 0.25) is 0 Å². The summed E-state index contributed by atoms with van der Waals surface area (Å²) in [7, 11) is 3.18. The SMILES string of the molecule is CN(C)[NH+]([O-])N[NH+]([O-])C(C)(C)C. The molecule has 0 aromatic carbocycles. The number of rotatable bonds is 3. The monoisotopic (exact) mass is 178 g/mol. The summed E-state index contributed by atoms with van der Waals surface area (Å²) in [6.07, 6.45) is 0. The first-order valence-electron chi connectivity index (χ1n) is 3.78. The fourth-order valence-electron chi connectivity index (χ4n) is 0.396. The number of nitrogens with one attached hydrogen (secondary N) is 3. The summed E-state index contributed by atoms with van der Waals surface area (Å²) in [4.78, 5) is 0. The number of nitrogens with zero attached hydrogens (tertiary/aromatic N) is 1. The van der Waals surface area contributed by atoms with Gasteiger partial charge < -0.3 is 10.4 Å². The van der Waals surface area contributed by atoms with Gasteiger partial charge in [0, 0.05) is 19.6 Å². The van der Waals surface area contributed by atoms with Crippen LogP contribution < -0.4 is 16.0 Å². The van der Waals surface area contributed by atoms with Crippen molar-refractivity contribution in [3.8, 4) is 0 Å². The lowest BCUT2D eigenvalue weighted by Crippen LogP contribution is -3.40.